The number of rotatable bonds is 6. The molecule has 1 amide bonds. The van der Waals surface area contributed by atoms with E-state index in [2.05, 4.69) is 17.4 Å². The first-order valence-corrected chi connectivity index (χ1v) is 11.4. The molecule has 4 rings (SSSR count). The van der Waals surface area contributed by atoms with Gasteiger partial charge in [0.1, 0.15) is 17.1 Å². The van der Waals surface area contributed by atoms with Gasteiger partial charge in [-0.25, -0.2) is 0 Å². The molecule has 1 N–H and O–H groups in total. The van der Waals surface area contributed by atoms with Crippen molar-refractivity contribution in [1.82, 2.24) is 5.32 Å². The molecular formula is C26H27NO3S. The van der Waals surface area contributed by atoms with Crippen LogP contribution in [0.2, 0.25) is 0 Å². The minimum atomic E-state index is -0.363. The lowest BCUT2D eigenvalue weighted by atomic mass is 9.89. The second kappa shape index (κ2) is 9.06. The summed E-state index contributed by atoms with van der Waals surface area (Å²) in [7, 11) is 1.64. The maximum atomic E-state index is 13.0. The van der Waals surface area contributed by atoms with E-state index in [0.29, 0.717) is 12.0 Å². The van der Waals surface area contributed by atoms with Crippen LogP contribution in [0.15, 0.2) is 77.7 Å². The van der Waals surface area contributed by atoms with Crippen molar-refractivity contribution in [3.8, 4) is 11.5 Å². The summed E-state index contributed by atoms with van der Waals surface area (Å²) >= 11 is 1.79. The van der Waals surface area contributed by atoms with Crippen molar-refractivity contribution in [2.75, 3.05) is 7.11 Å². The molecule has 1 aliphatic rings. The Hall–Kier alpha value is -2.92. The maximum absolute atomic E-state index is 13.0. The number of thioether (sulfide) groups is 1. The topological polar surface area (TPSA) is 47.6 Å². The standard InChI is InChI=1S/C26H27NO3S/c1-26(2)16-23(22-15-20(29-3)13-14-24(22)30-26)27-25(28)19-11-9-18(10-12-19)17-31-21-7-5-4-6-8-21/h4-15,23H,16-17H2,1-3H3,(H,27,28)/t23-/m0/s1. The first-order chi connectivity index (χ1) is 14.9. The molecule has 0 saturated carbocycles. The van der Waals surface area contributed by atoms with Crippen LogP contribution in [-0.4, -0.2) is 18.6 Å². The van der Waals surface area contributed by atoms with Gasteiger partial charge in [0.25, 0.3) is 5.91 Å². The van der Waals surface area contributed by atoms with Crippen molar-refractivity contribution in [1.29, 1.82) is 0 Å². The Bertz CT molecular complexity index is 1050. The van der Waals surface area contributed by atoms with Crippen molar-refractivity contribution >= 4 is 17.7 Å². The molecule has 160 valence electrons. The molecular weight excluding hydrogens is 406 g/mol. The van der Waals surface area contributed by atoms with Crippen molar-refractivity contribution in [3.05, 3.63) is 89.5 Å². The van der Waals surface area contributed by atoms with Crippen LogP contribution in [0, 0.1) is 0 Å². The Morgan fingerprint density at radius 3 is 2.55 bits per heavy atom. The lowest BCUT2D eigenvalue weighted by Crippen LogP contribution is -2.41. The van der Waals surface area contributed by atoms with E-state index in [1.165, 1.54) is 10.5 Å². The second-order valence-corrected chi connectivity index (χ2v) is 9.34. The molecule has 1 heterocycles. The largest absolute Gasteiger partial charge is 0.497 e. The van der Waals surface area contributed by atoms with Gasteiger partial charge in [0.2, 0.25) is 0 Å². The van der Waals surface area contributed by atoms with E-state index in [0.717, 1.165) is 22.8 Å². The minimum Gasteiger partial charge on any atom is -0.497 e. The average molecular weight is 434 g/mol. The summed E-state index contributed by atoms with van der Waals surface area (Å²) in [5, 5.41) is 3.20. The molecule has 0 spiro atoms. The summed E-state index contributed by atoms with van der Waals surface area (Å²) in [5.74, 6) is 2.32. The van der Waals surface area contributed by atoms with Gasteiger partial charge in [0.15, 0.2) is 0 Å². The van der Waals surface area contributed by atoms with Crippen LogP contribution in [0.5, 0.6) is 11.5 Å². The van der Waals surface area contributed by atoms with E-state index < -0.39 is 0 Å². The third-order valence-electron chi connectivity index (χ3n) is 5.34. The summed E-state index contributed by atoms with van der Waals surface area (Å²) < 4.78 is 11.5. The fraction of sp³-hybridized carbons (Fsp3) is 0.269. The summed E-state index contributed by atoms with van der Waals surface area (Å²) in [6, 6.07) is 23.7. The van der Waals surface area contributed by atoms with E-state index in [1.807, 2.05) is 74.5 Å². The zero-order chi connectivity index (χ0) is 21.8. The van der Waals surface area contributed by atoms with Crippen LogP contribution in [0.4, 0.5) is 0 Å². The van der Waals surface area contributed by atoms with Gasteiger partial charge in [0.05, 0.1) is 13.2 Å². The van der Waals surface area contributed by atoms with E-state index in [4.69, 9.17) is 9.47 Å². The Morgan fingerprint density at radius 1 is 1.10 bits per heavy atom. The molecule has 0 aliphatic carbocycles. The van der Waals surface area contributed by atoms with Gasteiger partial charge in [-0.05, 0) is 61.9 Å². The van der Waals surface area contributed by atoms with Gasteiger partial charge in [-0.2, -0.15) is 0 Å². The second-order valence-electron chi connectivity index (χ2n) is 8.29. The minimum absolute atomic E-state index is 0.0845. The number of hydrogen-bond donors (Lipinski definition) is 1. The van der Waals surface area contributed by atoms with Gasteiger partial charge in [-0.15, -0.1) is 11.8 Å². The predicted molar refractivity (Wildman–Crippen MR) is 125 cm³/mol. The molecule has 5 heteroatoms. The fourth-order valence-corrected chi connectivity index (χ4v) is 4.64. The lowest BCUT2D eigenvalue weighted by molar-refractivity contribution is 0.0618. The number of carbonyl (C=O) groups is 1. The summed E-state index contributed by atoms with van der Waals surface area (Å²) in [6.45, 7) is 4.08. The van der Waals surface area contributed by atoms with Crippen molar-refractivity contribution in [2.24, 2.45) is 0 Å². The molecule has 31 heavy (non-hydrogen) atoms. The zero-order valence-corrected chi connectivity index (χ0v) is 18.9. The first-order valence-electron chi connectivity index (χ1n) is 10.4. The van der Waals surface area contributed by atoms with Gasteiger partial charge in [-0.1, -0.05) is 30.3 Å². The number of nitrogens with one attached hydrogen (secondary N) is 1. The molecule has 0 bridgehead atoms. The fourth-order valence-electron chi connectivity index (χ4n) is 3.77. The van der Waals surface area contributed by atoms with Crippen LogP contribution >= 0.6 is 11.8 Å². The Kier molecular flexibility index (Phi) is 6.23. The SMILES string of the molecule is COc1ccc2c(c1)[C@@H](NC(=O)c1ccc(CSc3ccccc3)cc1)CC(C)(C)O2. The summed E-state index contributed by atoms with van der Waals surface area (Å²) in [5.41, 5.74) is 2.43. The molecule has 4 nitrogen and oxygen atoms in total. The molecule has 0 aromatic heterocycles. The summed E-state index contributed by atoms with van der Waals surface area (Å²) in [6.07, 6.45) is 0.685. The predicted octanol–water partition coefficient (Wildman–Crippen LogP) is 6.02. The van der Waals surface area contributed by atoms with Crippen LogP contribution in [0.25, 0.3) is 0 Å². The van der Waals surface area contributed by atoms with Crippen LogP contribution in [0.1, 0.15) is 47.8 Å². The normalized spacial score (nSPS) is 16.7. The number of hydrogen-bond acceptors (Lipinski definition) is 4. The lowest BCUT2D eigenvalue weighted by Gasteiger charge is -2.38. The van der Waals surface area contributed by atoms with Gasteiger partial charge >= 0.3 is 0 Å². The Balaban J connectivity index is 1.45. The number of fused-ring (bicyclic) bond motifs is 1. The molecule has 0 saturated heterocycles. The van der Waals surface area contributed by atoms with E-state index in [1.54, 1.807) is 18.9 Å². The average Bonchev–Trinajstić information content (AvgIpc) is 2.78. The van der Waals surface area contributed by atoms with Gasteiger partial charge < -0.3 is 14.8 Å². The molecule has 0 radical (unpaired) electrons. The quantitative estimate of drug-likeness (QED) is 0.483. The van der Waals surface area contributed by atoms with Crippen LogP contribution in [-0.2, 0) is 5.75 Å². The monoisotopic (exact) mass is 433 g/mol. The Morgan fingerprint density at radius 2 is 1.84 bits per heavy atom. The van der Waals surface area contributed by atoms with Gasteiger partial charge in [-0.3, -0.25) is 4.79 Å². The highest BCUT2D eigenvalue weighted by Crippen LogP contribution is 2.41. The first kappa shape index (κ1) is 21.3. The van der Waals surface area contributed by atoms with E-state index >= 15 is 0 Å². The number of ether oxygens (including phenoxy) is 2. The van der Waals surface area contributed by atoms with Crippen molar-refractivity contribution in [2.45, 2.75) is 42.6 Å². The molecule has 1 atom stereocenters. The third kappa shape index (κ3) is 5.23. The smallest absolute Gasteiger partial charge is 0.251 e. The summed E-state index contributed by atoms with van der Waals surface area (Å²) in [4.78, 5) is 14.2. The molecule has 3 aromatic rings. The van der Waals surface area contributed by atoms with Crippen molar-refractivity contribution in [3.63, 3.8) is 0 Å². The maximum Gasteiger partial charge on any atom is 0.251 e. The molecule has 3 aromatic carbocycles. The highest BCUT2D eigenvalue weighted by Gasteiger charge is 2.35. The van der Waals surface area contributed by atoms with Crippen LogP contribution in [0.3, 0.4) is 0 Å². The zero-order valence-electron chi connectivity index (χ0n) is 18.1. The third-order valence-corrected chi connectivity index (χ3v) is 6.43. The number of amides is 1. The van der Waals surface area contributed by atoms with Gasteiger partial charge in [0, 0.05) is 28.2 Å². The van der Waals surface area contributed by atoms with E-state index in [9.17, 15) is 4.79 Å². The number of benzene rings is 3. The van der Waals surface area contributed by atoms with E-state index in [-0.39, 0.29) is 17.6 Å². The number of methoxy groups -OCH3 is 1. The molecule has 0 unspecified atom stereocenters. The van der Waals surface area contributed by atoms with Crippen LogP contribution < -0.4 is 14.8 Å². The molecule has 0 fully saturated rings. The Labute approximate surface area is 188 Å². The highest BCUT2D eigenvalue weighted by atomic mass is 32.2. The molecule has 1 aliphatic heterocycles. The van der Waals surface area contributed by atoms with Crippen molar-refractivity contribution < 1.29 is 14.3 Å². The highest BCUT2D eigenvalue weighted by molar-refractivity contribution is 7.98. The number of carbonyl (C=O) groups excluding carboxylic acids is 1.